The molecule has 1 aromatic rings. The van der Waals surface area contributed by atoms with Gasteiger partial charge in [-0.1, -0.05) is 13.0 Å². The summed E-state index contributed by atoms with van der Waals surface area (Å²) in [6.07, 6.45) is 2.14. The van der Waals surface area contributed by atoms with Crippen molar-refractivity contribution in [3.63, 3.8) is 0 Å². The molecule has 0 radical (unpaired) electrons. The molecule has 2 heteroatoms. The largest absolute Gasteiger partial charge is 0.317 e. The smallest absolute Gasteiger partial charge is 0.123 e. The van der Waals surface area contributed by atoms with Gasteiger partial charge in [0.1, 0.15) is 5.82 Å². The number of rotatable bonds is 5. The molecule has 1 N–H and O–H groups in total. The summed E-state index contributed by atoms with van der Waals surface area (Å²) in [5, 5.41) is 3.28. The average Bonchev–Trinajstić information content (AvgIpc) is 2.15. The van der Waals surface area contributed by atoms with Crippen molar-refractivity contribution in [3.05, 3.63) is 35.1 Å². The van der Waals surface area contributed by atoms with Crippen LogP contribution in [-0.4, -0.2) is 13.1 Å². The molecule has 0 aliphatic heterocycles. The number of nitrogens with one attached hydrogen (secondary N) is 1. The highest BCUT2D eigenvalue weighted by molar-refractivity contribution is 5.26. The molecule has 0 amide bonds. The van der Waals surface area contributed by atoms with Crippen molar-refractivity contribution in [2.45, 2.75) is 26.7 Å². The lowest BCUT2D eigenvalue weighted by atomic mass is 10.0. The van der Waals surface area contributed by atoms with Crippen LogP contribution >= 0.6 is 0 Å². The van der Waals surface area contributed by atoms with Gasteiger partial charge in [-0.3, -0.25) is 0 Å². The summed E-state index contributed by atoms with van der Waals surface area (Å²) in [5.41, 5.74) is 2.31. The summed E-state index contributed by atoms with van der Waals surface area (Å²) in [6.45, 7) is 6.12. The Morgan fingerprint density at radius 2 is 2.14 bits per heavy atom. The first kappa shape index (κ1) is 11.2. The molecule has 0 saturated carbocycles. The van der Waals surface area contributed by atoms with E-state index in [1.54, 1.807) is 6.07 Å². The zero-order chi connectivity index (χ0) is 10.4. The molecule has 0 saturated heterocycles. The molecule has 0 aliphatic carbocycles. The average molecular weight is 195 g/mol. The highest BCUT2D eigenvalue weighted by atomic mass is 19.1. The molecule has 0 bridgehead atoms. The molecule has 0 heterocycles. The molecule has 0 spiro atoms. The fourth-order valence-electron chi connectivity index (χ4n) is 1.52. The zero-order valence-electron chi connectivity index (χ0n) is 8.94. The number of benzene rings is 1. The van der Waals surface area contributed by atoms with E-state index >= 15 is 0 Å². The van der Waals surface area contributed by atoms with Gasteiger partial charge in [0.25, 0.3) is 0 Å². The molecule has 1 nitrogen and oxygen atoms in total. The van der Waals surface area contributed by atoms with E-state index in [0.29, 0.717) is 0 Å². The van der Waals surface area contributed by atoms with E-state index in [0.717, 1.165) is 31.5 Å². The lowest BCUT2D eigenvalue weighted by molar-refractivity contribution is 0.624. The highest BCUT2D eigenvalue weighted by Crippen LogP contribution is 2.11. The highest BCUT2D eigenvalue weighted by Gasteiger charge is 1.99. The Hall–Kier alpha value is -0.890. The van der Waals surface area contributed by atoms with Crippen LogP contribution in [0.2, 0.25) is 0 Å². The second-order valence-corrected chi connectivity index (χ2v) is 3.53. The molecular weight excluding hydrogens is 177 g/mol. The van der Waals surface area contributed by atoms with Crippen LogP contribution in [0.1, 0.15) is 24.5 Å². The summed E-state index contributed by atoms with van der Waals surface area (Å²) in [6, 6.07) is 5.02. The van der Waals surface area contributed by atoms with Gasteiger partial charge in [-0.25, -0.2) is 4.39 Å². The predicted molar refractivity (Wildman–Crippen MR) is 58.0 cm³/mol. The first-order valence-corrected chi connectivity index (χ1v) is 5.19. The third-order valence-corrected chi connectivity index (χ3v) is 2.35. The zero-order valence-corrected chi connectivity index (χ0v) is 8.94. The third-order valence-electron chi connectivity index (χ3n) is 2.35. The minimum Gasteiger partial charge on any atom is -0.317 e. The topological polar surface area (TPSA) is 12.0 Å². The fourth-order valence-corrected chi connectivity index (χ4v) is 1.52. The van der Waals surface area contributed by atoms with Gasteiger partial charge in [0.15, 0.2) is 0 Å². The normalized spacial score (nSPS) is 10.5. The second-order valence-electron chi connectivity index (χ2n) is 3.53. The molecule has 0 aromatic heterocycles. The van der Waals surface area contributed by atoms with Crippen molar-refractivity contribution in [2.75, 3.05) is 13.1 Å². The Labute approximate surface area is 85.3 Å². The van der Waals surface area contributed by atoms with Crippen LogP contribution in [0.3, 0.4) is 0 Å². The Morgan fingerprint density at radius 3 is 2.79 bits per heavy atom. The third kappa shape index (κ3) is 3.46. The van der Waals surface area contributed by atoms with Crippen molar-refractivity contribution in [2.24, 2.45) is 0 Å². The predicted octanol–water partition coefficient (Wildman–Crippen LogP) is 2.68. The Kier molecular flexibility index (Phi) is 4.60. The van der Waals surface area contributed by atoms with Gasteiger partial charge < -0.3 is 5.32 Å². The lowest BCUT2D eigenvalue weighted by Crippen LogP contribution is -2.14. The van der Waals surface area contributed by atoms with Crippen LogP contribution in [0.4, 0.5) is 4.39 Å². The van der Waals surface area contributed by atoms with E-state index in [1.807, 2.05) is 13.0 Å². The first-order valence-electron chi connectivity index (χ1n) is 5.19. The van der Waals surface area contributed by atoms with Gasteiger partial charge in [-0.05, 0) is 56.1 Å². The molecule has 1 rings (SSSR count). The number of aryl methyl sites for hydroxylation is 2. The minimum absolute atomic E-state index is 0.141. The standard InChI is InChI=1S/C12H18FN/c1-3-14-8-4-5-11-6-7-12(13)9-10(11)2/h6-7,9,14H,3-5,8H2,1-2H3. The van der Waals surface area contributed by atoms with Crippen molar-refractivity contribution in [3.8, 4) is 0 Å². The van der Waals surface area contributed by atoms with Crippen molar-refractivity contribution < 1.29 is 4.39 Å². The second kappa shape index (κ2) is 5.76. The van der Waals surface area contributed by atoms with E-state index in [-0.39, 0.29) is 5.82 Å². The van der Waals surface area contributed by atoms with Crippen LogP contribution in [0, 0.1) is 12.7 Å². The van der Waals surface area contributed by atoms with E-state index in [1.165, 1.54) is 11.6 Å². The molecule has 0 atom stereocenters. The van der Waals surface area contributed by atoms with Crippen LogP contribution in [0.25, 0.3) is 0 Å². The molecule has 0 fully saturated rings. The number of hydrogen-bond donors (Lipinski definition) is 1. The summed E-state index contributed by atoms with van der Waals surface area (Å²) >= 11 is 0. The maximum absolute atomic E-state index is 12.8. The quantitative estimate of drug-likeness (QED) is 0.712. The monoisotopic (exact) mass is 195 g/mol. The Morgan fingerprint density at radius 1 is 1.36 bits per heavy atom. The molecular formula is C12H18FN. The van der Waals surface area contributed by atoms with Gasteiger partial charge in [-0.2, -0.15) is 0 Å². The summed E-state index contributed by atoms with van der Waals surface area (Å²) < 4.78 is 12.8. The van der Waals surface area contributed by atoms with Crippen molar-refractivity contribution in [1.29, 1.82) is 0 Å². The van der Waals surface area contributed by atoms with Gasteiger partial charge in [0.05, 0.1) is 0 Å². The number of hydrogen-bond acceptors (Lipinski definition) is 1. The SMILES string of the molecule is CCNCCCc1ccc(F)cc1C. The molecule has 78 valence electrons. The summed E-state index contributed by atoms with van der Waals surface area (Å²) in [5.74, 6) is -0.141. The molecule has 14 heavy (non-hydrogen) atoms. The summed E-state index contributed by atoms with van der Waals surface area (Å²) in [4.78, 5) is 0. The number of halogens is 1. The van der Waals surface area contributed by atoms with Gasteiger partial charge in [-0.15, -0.1) is 0 Å². The van der Waals surface area contributed by atoms with E-state index < -0.39 is 0 Å². The minimum atomic E-state index is -0.141. The van der Waals surface area contributed by atoms with Crippen LogP contribution in [-0.2, 0) is 6.42 Å². The van der Waals surface area contributed by atoms with E-state index in [4.69, 9.17) is 0 Å². The van der Waals surface area contributed by atoms with Gasteiger partial charge in [0.2, 0.25) is 0 Å². The maximum atomic E-state index is 12.8. The van der Waals surface area contributed by atoms with Gasteiger partial charge in [0, 0.05) is 0 Å². The van der Waals surface area contributed by atoms with Crippen molar-refractivity contribution in [1.82, 2.24) is 5.32 Å². The van der Waals surface area contributed by atoms with Gasteiger partial charge >= 0.3 is 0 Å². The van der Waals surface area contributed by atoms with Crippen LogP contribution in [0.5, 0.6) is 0 Å². The summed E-state index contributed by atoms with van der Waals surface area (Å²) in [7, 11) is 0. The van der Waals surface area contributed by atoms with Crippen LogP contribution < -0.4 is 5.32 Å². The first-order chi connectivity index (χ1) is 6.74. The van der Waals surface area contributed by atoms with Crippen LogP contribution in [0.15, 0.2) is 18.2 Å². The lowest BCUT2D eigenvalue weighted by Gasteiger charge is -2.05. The van der Waals surface area contributed by atoms with Crippen molar-refractivity contribution >= 4 is 0 Å². The molecule has 0 unspecified atom stereocenters. The Bertz CT molecular complexity index is 284. The van der Waals surface area contributed by atoms with E-state index in [2.05, 4.69) is 12.2 Å². The fraction of sp³-hybridized carbons (Fsp3) is 0.500. The van der Waals surface area contributed by atoms with E-state index in [9.17, 15) is 4.39 Å². The molecule has 1 aromatic carbocycles. The maximum Gasteiger partial charge on any atom is 0.123 e. The Balaban J connectivity index is 2.42. The molecule has 0 aliphatic rings.